The first-order valence-corrected chi connectivity index (χ1v) is 8.99. The van der Waals surface area contributed by atoms with Gasteiger partial charge in [0.2, 0.25) is 10.0 Å². The number of nitrogens with one attached hydrogen (secondary N) is 1. The summed E-state index contributed by atoms with van der Waals surface area (Å²) < 4.78 is 31.8. The molecule has 1 aliphatic rings. The number of hydrogen-bond acceptors (Lipinski definition) is 4. The molecule has 1 fully saturated rings. The molecule has 1 saturated heterocycles. The lowest BCUT2D eigenvalue weighted by Gasteiger charge is -2.16. The van der Waals surface area contributed by atoms with Gasteiger partial charge in [-0.1, -0.05) is 29.8 Å². The molecular formula is C14H19ClN2O4S. The summed E-state index contributed by atoms with van der Waals surface area (Å²) in [6.07, 6.45) is -0.888. The van der Waals surface area contributed by atoms with Gasteiger partial charge in [0.1, 0.15) is 6.10 Å². The van der Waals surface area contributed by atoms with E-state index >= 15 is 0 Å². The molecule has 122 valence electrons. The van der Waals surface area contributed by atoms with E-state index in [1.54, 1.807) is 29.2 Å². The van der Waals surface area contributed by atoms with Crippen LogP contribution >= 0.6 is 11.6 Å². The molecule has 0 bridgehead atoms. The van der Waals surface area contributed by atoms with Gasteiger partial charge in [-0.15, -0.1) is 0 Å². The van der Waals surface area contributed by atoms with Crippen LogP contribution in [-0.2, 0) is 20.5 Å². The van der Waals surface area contributed by atoms with Crippen LogP contribution in [0.3, 0.4) is 0 Å². The number of amides is 1. The van der Waals surface area contributed by atoms with Crippen molar-refractivity contribution in [2.75, 3.05) is 13.1 Å². The molecule has 1 aliphatic heterocycles. The first-order chi connectivity index (χ1) is 10.3. The molecule has 1 N–H and O–H groups in total. The van der Waals surface area contributed by atoms with E-state index in [2.05, 4.69) is 4.72 Å². The van der Waals surface area contributed by atoms with Crippen molar-refractivity contribution >= 4 is 27.7 Å². The Morgan fingerprint density at radius 1 is 1.41 bits per heavy atom. The van der Waals surface area contributed by atoms with Crippen molar-refractivity contribution in [2.24, 2.45) is 0 Å². The van der Waals surface area contributed by atoms with Crippen molar-refractivity contribution in [2.45, 2.75) is 31.7 Å². The fourth-order valence-electron chi connectivity index (χ4n) is 2.16. The van der Waals surface area contributed by atoms with E-state index in [1.165, 1.54) is 0 Å². The summed E-state index contributed by atoms with van der Waals surface area (Å²) in [5, 5.41) is 0.408. The van der Waals surface area contributed by atoms with E-state index in [-0.39, 0.29) is 18.3 Å². The Hall–Kier alpha value is -1.31. The van der Waals surface area contributed by atoms with Crippen LogP contribution < -0.4 is 4.72 Å². The second-order valence-corrected chi connectivity index (χ2v) is 7.66. The van der Waals surface area contributed by atoms with Gasteiger partial charge in [-0.3, -0.25) is 0 Å². The largest absolute Gasteiger partial charge is 0.443 e. The SMILES string of the molecule is CC(C)N1CC(CNS(=O)(=O)Cc2ccccc2Cl)OC1=O. The Bertz CT molecular complexity index is 648. The van der Waals surface area contributed by atoms with Crippen molar-refractivity contribution in [3.63, 3.8) is 0 Å². The third-order valence-corrected chi connectivity index (χ3v) is 5.03. The lowest BCUT2D eigenvalue weighted by molar-refractivity contribution is 0.130. The molecular weight excluding hydrogens is 328 g/mol. The summed E-state index contributed by atoms with van der Waals surface area (Å²) in [6, 6.07) is 6.81. The number of sulfonamides is 1. The third kappa shape index (κ3) is 4.34. The quantitative estimate of drug-likeness (QED) is 0.854. The molecule has 0 spiro atoms. The first-order valence-electron chi connectivity index (χ1n) is 6.96. The molecule has 1 aromatic rings. The van der Waals surface area contributed by atoms with Gasteiger partial charge >= 0.3 is 6.09 Å². The van der Waals surface area contributed by atoms with E-state index in [0.29, 0.717) is 17.1 Å². The Morgan fingerprint density at radius 2 is 2.09 bits per heavy atom. The summed E-state index contributed by atoms with van der Waals surface area (Å²) in [4.78, 5) is 13.2. The molecule has 0 aromatic heterocycles. The average molecular weight is 347 g/mol. The lowest BCUT2D eigenvalue weighted by atomic mass is 10.2. The zero-order chi connectivity index (χ0) is 16.3. The van der Waals surface area contributed by atoms with E-state index in [0.717, 1.165) is 0 Å². The van der Waals surface area contributed by atoms with Crippen LogP contribution in [0.5, 0.6) is 0 Å². The number of benzene rings is 1. The van der Waals surface area contributed by atoms with Gasteiger partial charge in [-0.2, -0.15) is 0 Å². The zero-order valence-corrected chi connectivity index (χ0v) is 14.0. The van der Waals surface area contributed by atoms with Crippen LogP contribution in [0.2, 0.25) is 5.02 Å². The fraction of sp³-hybridized carbons (Fsp3) is 0.500. The normalized spacial score (nSPS) is 18.8. The van der Waals surface area contributed by atoms with Gasteiger partial charge in [-0.05, 0) is 25.5 Å². The first kappa shape index (κ1) is 17.1. The molecule has 8 heteroatoms. The predicted molar refractivity (Wildman–Crippen MR) is 84.2 cm³/mol. The van der Waals surface area contributed by atoms with E-state index in [1.807, 2.05) is 13.8 Å². The lowest BCUT2D eigenvalue weighted by Crippen LogP contribution is -2.36. The number of carbonyl (C=O) groups is 1. The third-order valence-electron chi connectivity index (χ3n) is 3.36. The Balaban J connectivity index is 1.91. The number of carbonyl (C=O) groups excluding carboxylic acids is 1. The Labute approximate surface area is 135 Å². The number of hydrogen-bond donors (Lipinski definition) is 1. The van der Waals surface area contributed by atoms with Crippen LogP contribution in [0.25, 0.3) is 0 Å². The van der Waals surface area contributed by atoms with E-state index < -0.39 is 22.2 Å². The molecule has 1 heterocycles. The van der Waals surface area contributed by atoms with Crippen LogP contribution in [-0.4, -0.2) is 44.6 Å². The molecule has 22 heavy (non-hydrogen) atoms. The van der Waals surface area contributed by atoms with Gasteiger partial charge in [-0.25, -0.2) is 17.9 Å². The maximum atomic E-state index is 12.1. The van der Waals surface area contributed by atoms with Crippen LogP contribution in [0.1, 0.15) is 19.4 Å². The molecule has 1 unspecified atom stereocenters. The minimum atomic E-state index is -3.54. The highest BCUT2D eigenvalue weighted by molar-refractivity contribution is 7.88. The van der Waals surface area contributed by atoms with Crippen molar-refractivity contribution in [3.05, 3.63) is 34.9 Å². The van der Waals surface area contributed by atoms with Gasteiger partial charge < -0.3 is 9.64 Å². The average Bonchev–Trinajstić information content (AvgIpc) is 2.81. The maximum Gasteiger partial charge on any atom is 0.410 e. The highest BCUT2D eigenvalue weighted by Gasteiger charge is 2.33. The van der Waals surface area contributed by atoms with Gasteiger partial charge in [0.05, 0.1) is 12.3 Å². The van der Waals surface area contributed by atoms with Crippen molar-refractivity contribution < 1.29 is 17.9 Å². The van der Waals surface area contributed by atoms with Crippen LogP contribution in [0.4, 0.5) is 4.79 Å². The van der Waals surface area contributed by atoms with E-state index in [9.17, 15) is 13.2 Å². The zero-order valence-electron chi connectivity index (χ0n) is 12.5. The second-order valence-electron chi connectivity index (χ2n) is 5.45. The molecule has 0 saturated carbocycles. The molecule has 1 atom stereocenters. The highest BCUT2D eigenvalue weighted by Crippen LogP contribution is 2.18. The van der Waals surface area contributed by atoms with Crippen LogP contribution in [0, 0.1) is 0 Å². The molecule has 0 radical (unpaired) electrons. The van der Waals surface area contributed by atoms with Gasteiger partial charge in [0.25, 0.3) is 0 Å². The summed E-state index contributed by atoms with van der Waals surface area (Å²) in [5.41, 5.74) is 0.531. The number of cyclic esters (lactones) is 1. The summed E-state index contributed by atoms with van der Waals surface area (Å²) in [7, 11) is -3.54. The summed E-state index contributed by atoms with van der Waals surface area (Å²) >= 11 is 5.96. The molecule has 1 aromatic carbocycles. The highest BCUT2D eigenvalue weighted by atomic mass is 35.5. The number of halogens is 1. The number of nitrogens with zero attached hydrogens (tertiary/aromatic N) is 1. The molecule has 1 amide bonds. The summed E-state index contributed by atoms with van der Waals surface area (Å²) in [6.45, 7) is 4.20. The fourth-order valence-corrected chi connectivity index (χ4v) is 3.65. The van der Waals surface area contributed by atoms with Gasteiger partial charge in [0, 0.05) is 17.6 Å². The summed E-state index contributed by atoms with van der Waals surface area (Å²) in [5.74, 6) is -0.207. The number of ether oxygens (including phenoxy) is 1. The molecule has 2 rings (SSSR count). The Kier molecular flexibility index (Phi) is 5.31. The monoisotopic (exact) mass is 346 g/mol. The molecule has 6 nitrogen and oxygen atoms in total. The molecule has 0 aliphatic carbocycles. The topological polar surface area (TPSA) is 75.7 Å². The minimum Gasteiger partial charge on any atom is -0.443 e. The predicted octanol–water partition coefficient (Wildman–Crippen LogP) is 1.99. The maximum absolute atomic E-state index is 12.1. The standard InChI is InChI=1S/C14H19ClN2O4S/c1-10(2)17-8-12(21-14(17)18)7-16-22(19,20)9-11-5-3-4-6-13(11)15/h3-6,10,12,16H,7-9H2,1-2H3. The Morgan fingerprint density at radius 3 is 2.68 bits per heavy atom. The van der Waals surface area contributed by atoms with Gasteiger partial charge in [0.15, 0.2) is 0 Å². The smallest absolute Gasteiger partial charge is 0.410 e. The van der Waals surface area contributed by atoms with Crippen molar-refractivity contribution in [1.82, 2.24) is 9.62 Å². The minimum absolute atomic E-state index is 0.0252. The van der Waals surface area contributed by atoms with Crippen LogP contribution in [0.15, 0.2) is 24.3 Å². The van der Waals surface area contributed by atoms with Crippen molar-refractivity contribution in [1.29, 1.82) is 0 Å². The van der Waals surface area contributed by atoms with Crippen molar-refractivity contribution in [3.8, 4) is 0 Å². The van der Waals surface area contributed by atoms with E-state index in [4.69, 9.17) is 16.3 Å². The number of rotatable bonds is 6. The second kappa shape index (κ2) is 6.85.